The van der Waals surface area contributed by atoms with E-state index in [9.17, 15) is 36.7 Å². The molecule has 0 aromatic carbocycles. The van der Waals surface area contributed by atoms with Gasteiger partial charge in [-0.05, 0) is 31.9 Å². The highest BCUT2D eigenvalue weighted by Gasteiger charge is 2.28. The van der Waals surface area contributed by atoms with Gasteiger partial charge in [0, 0.05) is 44.6 Å². The highest BCUT2D eigenvalue weighted by atomic mass is 19.4. The Morgan fingerprint density at radius 1 is 1.23 bits per heavy atom. The van der Waals surface area contributed by atoms with Crippen LogP contribution < -0.4 is 10.9 Å². The molecule has 2 N–H and O–H groups in total. The molecule has 11 nitrogen and oxygen atoms in total. The molecule has 3 rings (SSSR count). The number of imidazole rings is 1. The molecule has 15 heteroatoms. The number of rotatable bonds is 12. The summed E-state index contributed by atoms with van der Waals surface area (Å²) in [5.41, 5.74) is -0.150. The van der Waals surface area contributed by atoms with Crippen LogP contribution in [0.5, 0.6) is 0 Å². The number of hydrogen-bond acceptors (Lipinski definition) is 7. The molecule has 1 atom stereocenters. The Labute approximate surface area is 243 Å². The molecule has 2 amide bonds. The van der Waals surface area contributed by atoms with Crippen LogP contribution >= 0.6 is 0 Å². The number of amides is 2. The Kier molecular flexibility index (Phi) is 10.8. The van der Waals surface area contributed by atoms with E-state index >= 15 is 0 Å². The maximum absolute atomic E-state index is 14.4. The Morgan fingerprint density at radius 3 is 2.60 bits per heavy atom. The lowest BCUT2D eigenvalue weighted by molar-refractivity contribution is -0.134. The first kappa shape index (κ1) is 32.9. The van der Waals surface area contributed by atoms with Gasteiger partial charge in [0.05, 0.1) is 37.1 Å². The van der Waals surface area contributed by atoms with E-state index in [0.29, 0.717) is 5.69 Å². The molecule has 0 aliphatic carbocycles. The van der Waals surface area contributed by atoms with Crippen LogP contribution in [-0.2, 0) is 33.7 Å². The second-order valence-electron chi connectivity index (χ2n) is 10.0. The van der Waals surface area contributed by atoms with Crippen LogP contribution in [0.3, 0.4) is 0 Å². The van der Waals surface area contributed by atoms with Gasteiger partial charge in [0.2, 0.25) is 5.91 Å². The number of aromatic nitrogens is 4. The minimum Gasteiger partial charge on any atom is -0.453 e. The maximum atomic E-state index is 14.4. The predicted octanol–water partition coefficient (Wildman–Crippen LogP) is 3.37. The minimum atomic E-state index is -4.43. The summed E-state index contributed by atoms with van der Waals surface area (Å²) in [7, 11) is 4.32. The number of hydrogen-bond donors (Lipinski definition) is 2. The Morgan fingerprint density at radius 2 is 1.95 bits per heavy atom. The number of carbonyl (C=O) groups excluding carboxylic acids is 3. The summed E-state index contributed by atoms with van der Waals surface area (Å²) in [5.74, 6) is -1.45. The number of pyridine rings is 2. The Bertz CT molecular complexity index is 1580. The van der Waals surface area contributed by atoms with E-state index in [1.54, 1.807) is 33.2 Å². The van der Waals surface area contributed by atoms with Crippen LogP contribution in [0, 0.1) is 12.7 Å². The standard InChI is InChI=1S/C28H32F4N6O5/c1-16-9-10-17(13-21(39)19(34-27(42)43-4)7-5-6-8-23(40)37(2)3)26(41)38(16)15-22-35-24-18(29)14-33-20(25(24)36-22)11-12-28(30,31)32/h6,8-10,14,19H,5,7,11-13,15H2,1-4H3,(H,34,42)(H,35,36)/b8-6+/t19-/m0/s1. The van der Waals surface area contributed by atoms with Gasteiger partial charge in [-0.15, -0.1) is 0 Å². The number of H-pyrrole nitrogens is 1. The number of Topliss-reactive ketones (excluding diaryl/α,β-unsaturated/α-hetero) is 1. The van der Waals surface area contributed by atoms with Crippen molar-refractivity contribution in [1.82, 2.24) is 29.7 Å². The number of ketones is 1. The first-order valence-electron chi connectivity index (χ1n) is 13.2. The molecular weight excluding hydrogens is 576 g/mol. The molecule has 0 spiro atoms. The summed E-state index contributed by atoms with van der Waals surface area (Å²) in [6, 6.07) is 2.07. The molecule has 0 bridgehead atoms. The van der Waals surface area contributed by atoms with E-state index < -0.39 is 48.3 Å². The van der Waals surface area contributed by atoms with Crippen molar-refractivity contribution in [2.45, 2.75) is 57.8 Å². The molecule has 0 saturated carbocycles. The third-order valence-electron chi connectivity index (χ3n) is 6.58. The summed E-state index contributed by atoms with van der Waals surface area (Å²) < 4.78 is 58.6. The predicted molar refractivity (Wildman–Crippen MR) is 148 cm³/mol. The lowest BCUT2D eigenvalue weighted by atomic mass is 10.0. The van der Waals surface area contributed by atoms with E-state index in [2.05, 4.69) is 25.0 Å². The van der Waals surface area contributed by atoms with Crippen molar-refractivity contribution in [2.75, 3.05) is 21.2 Å². The van der Waals surface area contributed by atoms with Gasteiger partial charge in [-0.2, -0.15) is 13.2 Å². The first-order chi connectivity index (χ1) is 20.2. The zero-order valence-electron chi connectivity index (χ0n) is 24.0. The zero-order chi connectivity index (χ0) is 31.9. The van der Waals surface area contributed by atoms with E-state index in [1.807, 2.05) is 0 Å². The lowest BCUT2D eigenvalue weighted by Crippen LogP contribution is -2.42. The number of methoxy groups -OCH3 is 1. The van der Waals surface area contributed by atoms with E-state index in [0.717, 1.165) is 13.3 Å². The number of nitrogens with one attached hydrogen (secondary N) is 2. The van der Waals surface area contributed by atoms with Crippen LogP contribution in [-0.4, -0.2) is 75.6 Å². The first-order valence-corrected chi connectivity index (χ1v) is 13.2. The average molecular weight is 609 g/mol. The van der Waals surface area contributed by atoms with Crippen molar-refractivity contribution >= 4 is 28.8 Å². The van der Waals surface area contributed by atoms with Crippen LogP contribution in [0.25, 0.3) is 11.0 Å². The van der Waals surface area contributed by atoms with Crippen LogP contribution in [0.1, 0.15) is 42.0 Å². The largest absolute Gasteiger partial charge is 0.453 e. The number of allylic oxidation sites excluding steroid dienone is 1. The molecule has 0 radical (unpaired) electrons. The number of alkyl carbamates (subject to hydrolysis) is 1. The number of nitrogens with zero attached hydrogens (tertiary/aromatic N) is 4. The van der Waals surface area contributed by atoms with Crippen molar-refractivity contribution in [3.05, 3.63) is 69.4 Å². The molecular formula is C28H32F4N6O5. The molecule has 43 heavy (non-hydrogen) atoms. The second kappa shape index (κ2) is 14.1. The summed E-state index contributed by atoms with van der Waals surface area (Å²) in [4.78, 5) is 62.3. The van der Waals surface area contributed by atoms with Crippen molar-refractivity contribution in [2.24, 2.45) is 0 Å². The molecule has 3 heterocycles. The number of aromatic amines is 1. The highest BCUT2D eigenvalue weighted by Crippen LogP contribution is 2.25. The van der Waals surface area contributed by atoms with Crippen LogP contribution in [0.2, 0.25) is 0 Å². The summed E-state index contributed by atoms with van der Waals surface area (Å²) in [6.45, 7) is 1.45. The molecule has 0 aliphatic rings. The van der Waals surface area contributed by atoms with Crippen molar-refractivity contribution < 1.29 is 36.7 Å². The quantitative estimate of drug-likeness (QED) is 0.237. The van der Waals surface area contributed by atoms with Crippen molar-refractivity contribution in [3.8, 4) is 0 Å². The fraction of sp³-hybridized carbons (Fsp3) is 0.429. The molecule has 0 unspecified atom stereocenters. The average Bonchev–Trinajstić information content (AvgIpc) is 3.37. The zero-order valence-corrected chi connectivity index (χ0v) is 24.0. The molecule has 0 saturated heterocycles. The molecule has 0 fully saturated rings. The monoisotopic (exact) mass is 608 g/mol. The van der Waals surface area contributed by atoms with Crippen molar-refractivity contribution in [1.29, 1.82) is 0 Å². The molecule has 232 valence electrons. The Hall–Kier alpha value is -4.56. The summed E-state index contributed by atoms with van der Waals surface area (Å²) >= 11 is 0. The third-order valence-corrected chi connectivity index (χ3v) is 6.58. The van der Waals surface area contributed by atoms with E-state index in [4.69, 9.17) is 0 Å². The molecule has 0 aliphatic heterocycles. The number of fused-ring (bicyclic) bond motifs is 1. The van der Waals surface area contributed by atoms with E-state index in [-0.39, 0.29) is 59.8 Å². The van der Waals surface area contributed by atoms with Crippen molar-refractivity contribution in [3.63, 3.8) is 0 Å². The second-order valence-corrected chi connectivity index (χ2v) is 10.0. The third kappa shape index (κ3) is 8.96. The van der Waals surface area contributed by atoms with Gasteiger partial charge in [0.25, 0.3) is 5.56 Å². The molecule has 3 aromatic rings. The van der Waals surface area contributed by atoms with Gasteiger partial charge < -0.3 is 24.5 Å². The number of ether oxygens (including phenoxy) is 1. The fourth-order valence-electron chi connectivity index (χ4n) is 4.21. The van der Waals surface area contributed by atoms with Crippen LogP contribution in [0.4, 0.5) is 22.4 Å². The molecule has 3 aromatic heterocycles. The number of alkyl halides is 3. The lowest BCUT2D eigenvalue weighted by Gasteiger charge is -2.17. The summed E-state index contributed by atoms with van der Waals surface area (Å²) in [6.07, 6.45) is -3.11. The minimum absolute atomic E-state index is 0.00865. The van der Waals surface area contributed by atoms with Gasteiger partial charge in [0.1, 0.15) is 11.3 Å². The number of aryl methyl sites for hydroxylation is 2. The SMILES string of the molecule is COC(=O)N[C@@H](CC/C=C/C(=O)N(C)C)C(=O)Cc1ccc(C)n(Cc2nc3c(F)cnc(CCC(F)(F)F)c3[nH]2)c1=O. The number of carbonyl (C=O) groups is 3. The van der Waals surface area contributed by atoms with Gasteiger partial charge in [-0.1, -0.05) is 12.1 Å². The number of halogens is 4. The maximum Gasteiger partial charge on any atom is 0.407 e. The Balaban J connectivity index is 1.83. The van der Waals surface area contributed by atoms with Gasteiger partial charge >= 0.3 is 12.3 Å². The fourth-order valence-corrected chi connectivity index (χ4v) is 4.21. The van der Waals surface area contributed by atoms with Gasteiger partial charge in [-0.3, -0.25) is 19.4 Å². The smallest absolute Gasteiger partial charge is 0.407 e. The van der Waals surface area contributed by atoms with E-state index in [1.165, 1.54) is 21.6 Å². The van der Waals surface area contributed by atoms with Gasteiger partial charge in [0.15, 0.2) is 11.6 Å². The highest BCUT2D eigenvalue weighted by molar-refractivity contribution is 5.89. The van der Waals surface area contributed by atoms with Gasteiger partial charge in [-0.25, -0.2) is 14.2 Å². The van der Waals surface area contributed by atoms with Crippen LogP contribution in [0.15, 0.2) is 35.3 Å². The summed E-state index contributed by atoms with van der Waals surface area (Å²) in [5, 5.41) is 2.45. The topological polar surface area (TPSA) is 139 Å². The normalized spacial score (nSPS) is 12.5. The number of likely N-dealkylation sites (N-methyl/N-ethyl adjacent to an activating group) is 1.